The highest BCUT2D eigenvalue weighted by molar-refractivity contribution is 6.03. The van der Waals surface area contributed by atoms with Crippen molar-refractivity contribution in [3.63, 3.8) is 0 Å². The first kappa shape index (κ1) is 16.7. The Kier molecular flexibility index (Phi) is 4.24. The van der Waals surface area contributed by atoms with Crippen molar-refractivity contribution in [1.29, 1.82) is 0 Å². The molecule has 128 valence electrons. The maximum atomic E-state index is 13.8. The number of amidine groups is 1. The maximum Gasteiger partial charge on any atom is 0.395 e. The van der Waals surface area contributed by atoms with Gasteiger partial charge < -0.3 is 0 Å². The molecule has 0 aromatic rings. The molecule has 0 spiro atoms. The number of aliphatic imine (C=N–C) groups is 1. The van der Waals surface area contributed by atoms with Crippen LogP contribution in [0.15, 0.2) is 64.4 Å². The van der Waals surface area contributed by atoms with E-state index in [2.05, 4.69) is 17.6 Å². The van der Waals surface area contributed by atoms with Crippen LogP contribution in [-0.4, -0.2) is 16.9 Å². The fourth-order valence-electron chi connectivity index (χ4n) is 3.02. The van der Waals surface area contributed by atoms with Gasteiger partial charge in [0.25, 0.3) is 0 Å². The molecule has 0 fully saturated rings. The summed E-state index contributed by atoms with van der Waals surface area (Å²) < 4.78 is 53.3. The van der Waals surface area contributed by atoms with Crippen molar-refractivity contribution in [1.82, 2.24) is 4.90 Å². The van der Waals surface area contributed by atoms with Gasteiger partial charge in [-0.2, -0.15) is 13.2 Å². The zero-order valence-electron chi connectivity index (χ0n) is 13.3. The molecule has 0 bridgehead atoms. The van der Waals surface area contributed by atoms with Gasteiger partial charge in [0.1, 0.15) is 11.7 Å². The van der Waals surface area contributed by atoms with Crippen LogP contribution in [0, 0.1) is 5.92 Å². The van der Waals surface area contributed by atoms with E-state index in [1.165, 1.54) is 4.90 Å². The fourth-order valence-corrected chi connectivity index (χ4v) is 3.02. The lowest BCUT2D eigenvalue weighted by Gasteiger charge is -2.34. The highest BCUT2D eigenvalue weighted by atomic mass is 19.4. The Hall–Kier alpha value is -2.11. The molecule has 3 rings (SSSR count). The molecule has 0 saturated carbocycles. The predicted octanol–water partition coefficient (Wildman–Crippen LogP) is 5.55. The first-order chi connectivity index (χ1) is 11.3. The van der Waals surface area contributed by atoms with E-state index in [1.807, 2.05) is 0 Å². The lowest BCUT2D eigenvalue weighted by atomic mass is 9.93. The summed E-state index contributed by atoms with van der Waals surface area (Å²) in [5.74, 6) is -2.45. The molecule has 0 radical (unpaired) electrons. The third-order valence-electron chi connectivity index (χ3n) is 4.45. The van der Waals surface area contributed by atoms with Gasteiger partial charge in [0, 0.05) is 17.5 Å². The molecule has 0 saturated heterocycles. The molecule has 1 aliphatic carbocycles. The number of rotatable bonds is 2. The Balaban J connectivity index is 2.04. The quantitative estimate of drug-likeness (QED) is 0.603. The number of alkyl halides is 3. The minimum absolute atomic E-state index is 0.107. The van der Waals surface area contributed by atoms with E-state index in [0.29, 0.717) is 11.4 Å². The predicted molar refractivity (Wildman–Crippen MR) is 85.5 cm³/mol. The van der Waals surface area contributed by atoms with Gasteiger partial charge in [0.05, 0.1) is 11.6 Å². The van der Waals surface area contributed by atoms with Crippen molar-refractivity contribution in [3.05, 3.63) is 59.4 Å². The molecule has 24 heavy (non-hydrogen) atoms. The Labute approximate surface area is 138 Å². The second-order valence-corrected chi connectivity index (χ2v) is 6.18. The van der Waals surface area contributed by atoms with E-state index in [0.717, 1.165) is 50.5 Å². The smallest absolute Gasteiger partial charge is 0.299 e. The third kappa shape index (κ3) is 3.09. The average Bonchev–Trinajstić information content (AvgIpc) is 2.54. The number of hydrogen-bond acceptors (Lipinski definition) is 2. The number of fused-ring (bicyclic) bond motifs is 1. The molecule has 0 amide bonds. The second kappa shape index (κ2) is 6.07. The van der Waals surface area contributed by atoms with Crippen molar-refractivity contribution < 1.29 is 17.6 Å². The number of nitrogens with zero attached hydrogens (tertiary/aromatic N) is 2. The molecular weight excluding hydrogens is 320 g/mol. The standard InChI is InChI=1S/C18H18F4N2/c1-11-8-16(13-6-4-3-5-7-13)23-17-15(12(2)18(20,21)22)9-14(19)10-24(11)17/h6,8-10,12H,1,3-5,7H2,2H3. The summed E-state index contributed by atoms with van der Waals surface area (Å²) in [5.41, 5.74) is 1.88. The Bertz CT molecular complexity index is 720. The van der Waals surface area contributed by atoms with Gasteiger partial charge in [0.15, 0.2) is 0 Å². The van der Waals surface area contributed by atoms with Crippen LogP contribution in [0.25, 0.3) is 0 Å². The largest absolute Gasteiger partial charge is 0.395 e. The fraction of sp³-hybridized carbons (Fsp3) is 0.389. The zero-order chi connectivity index (χ0) is 17.5. The molecule has 2 heterocycles. The van der Waals surface area contributed by atoms with Gasteiger partial charge in [-0.05, 0) is 50.3 Å². The normalized spacial score (nSPS) is 22.8. The van der Waals surface area contributed by atoms with Crippen molar-refractivity contribution >= 4 is 5.84 Å². The molecule has 0 N–H and O–H groups in total. The van der Waals surface area contributed by atoms with Crippen LogP contribution in [0.4, 0.5) is 17.6 Å². The minimum Gasteiger partial charge on any atom is -0.299 e. The van der Waals surface area contributed by atoms with Crippen LogP contribution in [0.3, 0.4) is 0 Å². The molecule has 2 nitrogen and oxygen atoms in total. The molecule has 6 heteroatoms. The zero-order valence-corrected chi connectivity index (χ0v) is 13.3. The van der Waals surface area contributed by atoms with Crippen LogP contribution in [0.1, 0.15) is 32.6 Å². The molecule has 2 aliphatic heterocycles. The average molecular weight is 338 g/mol. The summed E-state index contributed by atoms with van der Waals surface area (Å²) in [7, 11) is 0. The first-order valence-corrected chi connectivity index (χ1v) is 7.91. The Morgan fingerprint density at radius 2 is 2.00 bits per heavy atom. The van der Waals surface area contributed by atoms with Gasteiger partial charge in [0.2, 0.25) is 0 Å². The number of halogens is 4. The van der Waals surface area contributed by atoms with Crippen molar-refractivity contribution in [2.24, 2.45) is 10.9 Å². The van der Waals surface area contributed by atoms with Gasteiger partial charge in [-0.15, -0.1) is 0 Å². The highest BCUT2D eigenvalue weighted by Gasteiger charge is 2.42. The monoisotopic (exact) mass is 338 g/mol. The topological polar surface area (TPSA) is 15.6 Å². The molecule has 0 aromatic heterocycles. The van der Waals surface area contributed by atoms with Gasteiger partial charge in [-0.3, -0.25) is 4.90 Å². The first-order valence-electron chi connectivity index (χ1n) is 7.91. The highest BCUT2D eigenvalue weighted by Crippen LogP contribution is 2.39. The van der Waals surface area contributed by atoms with Crippen LogP contribution in [0.5, 0.6) is 0 Å². The summed E-state index contributed by atoms with van der Waals surface area (Å²) in [6.45, 7) is 4.88. The lowest BCUT2D eigenvalue weighted by molar-refractivity contribution is -0.158. The summed E-state index contributed by atoms with van der Waals surface area (Å²) in [6.07, 6.45) is 5.24. The Morgan fingerprint density at radius 1 is 1.25 bits per heavy atom. The lowest BCUT2D eigenvalue weighted by Crippen LogP contribution is -2.36. The van der Waals surface area contributed by atoms with Gasteiger partial charge in [-0.1, -0.05) is 12.7 Å². The molecule has 0 aromatic carbocycles. The number of hydrogen-bond donors (Lipinski definition) is 0. The second-order valence-electron chi connectivity index (χ2n) is 6.18. The van der Waals surface area contributed by atoms with E-state index in [4.69, 9.17) is 0 Å². The summed E-state index contributed by atoms with van der Waals surface area (Å²) in [6, 6.07) is 0. The molecular formula is C18H18F4N2. The van der Waals surface area contributed by atoms with E-state index in [1.54, 1.807) is 6.08 Å². The molecule has 1 atom stereocenters. The van der Waals surface area contributed by atoms with E-state index >= 15 is 0 Å². The van der Waals surface area contributed by atoms with Gasteiger partial charge in [-0.25, -0.2) is 9.38 Å². The SMILES string of the molecule is C=C1C=C(C2=CCCCC2)N=C2C(C(C)C(F)(F)F)=CC(F)=CN12. The van der Waals surface area contributed by atoms with Crippen LogP contribution >= 0.6 is 0 Å². The maximum absolute atomic E-state index is 13.8. The van der Waals surface area contributed by atoms with E-state index in [-0.39, 0.29) is 11.4 Å². The Morgan fingerprint density at radius 3 is 2.62 bits per heavy atom. The van der Waals surface area contributed by atoms with Crippen molar-refractivity contribution in [3.8, 4) is 0 Å². The van der Waals surface area contributed by atoms with Crippen LogP contribution in [0.2, 0.25) is 0 Å². The third-order valence-corrected chi connectivity index (χ3v) is 4.45. The molecule has 3 aliphatic rings. The van der Waals surface area contributed by atoms with Crippen LogP contribution < -0.4 is 0 Å². The minimum atomic E-state index is -4.47. The summed E-state index contributed by atoms with van der Waals surface area (Å²) in [4.78, 5) is 5.71. The summed E-state index contributed by atoms with van der Waals surface area (Å²) in [5, 5.41) is 0. The van der Waals surface area contributed by atoms with E-state index < -0.39 is 17.9 Å². The van der Waals surface area contributed by atoms with Crippen LogP contribution in [-0.2, 0) is 0 Å². The van der Waals surface area contributed by atoms with Crippen molar-refractivity contribution in [2.45, 2.75) is 38.8 Å². The summed E-state index contributed by atoms with van der Waals surface area (Å²) >= 11 is 0. The van der Waals surface area contributed by atoms with E-state index in [9.17, 15) is 17.6 Å². The molecule has 1 unspecified atom stereocenters. The van der Waals surface area contributed by atoms with Gasteiger partial charge >= 0.3 is 6.18 Å². The number of allylic oxidation sites excluding steroid dienone is 5. The van der Waals surface area contributed by atoms with Crippen molar-refractivity contribution in [2.75, 3.05) is 0 Å².